The maximum Gasteiger partial charge on any atom is 0.231 e. The van der Waals surface area contributed by atoms with Crippen molar-refractivity contribution >= 4 is 21.8 Å². The molecule has 0 unspecified atom stereocenters. The second-order valence-electron chi connectivity index (χ2n) is 5.43. The zero-order valence-electron chi connectivity index (χ0n) is 11.8. The molecule has 1 heterocycles. The van der Waals surface area contributed by atoms with Crippen molar-refractivity contribution < 1.29 is 14.3 Å². The van der Waals surface area contributed by atoms with Gasteiger partial charge in [-0.2, -0.15) is 0 Å². The number of ether oxygens (including phenoxy) is 2. The summed E-state index contributed by atoms with van der Waals surface area (Å²) in [7, 11) is 0. The third-order valence-electron chi connectivity index (χ3n) is 3.52. The van der Waals surface area contributed by atoms with E-state index < -0.39 is 0 Å². The second kappa shape index (κ2) is 6.66. The number of hydrogen-bond donors (Lipinski definition) is 2. The first kappa shape index (κ1) is 14.7. The summed E-state index contributed by atoms with van der Waals surface area (Å²) >= 11 is 3.48. The number of fused-ring (bicyclic) bond motifs is 1. The third-order valence-corrected chi connectivity index (χ3v) is 4.11. The van der Waals surface area contributed by atoms with E-state index in [1.807, 2.05) is 12.1 Å². The van der Waals surface area contributed by atoms with E-state index in [2.05, 4.69) is 26.6 Å². The molecule has 1 fully saturated rings. The first-order chi connectivity index (χ1) is 10.2. The van der Waals surface area contributed by atoms with Gasteiger partial charge in [0, 0.05) is 19.0 Å². The Morgan fingerprint density at radius 2 is 2.19 bits per heavy atom. The Morgan fingerprint density at radius 3 is 3.00 bits per heavy atom. The zero-order valence-corrected chi connectivity index (χ0v) is 13.4. The predicted molar refractivity (Wildman–Crippen MR) is 82.4 cm³/mol. The lowest BCUT2D eigenvalue weighted by Crippen LogP contribution is -2.26. The fourth-order valence-electron chi connectivity index (χ4n) is 2.26. The normalized spacial score (nSPS) is 16.0. The van der Waals surface area contributed by atoms with Crippen molar-refractivity contribution in [3.05, 3.63) is 22.2 Å². The summed E-state index contributed by atoms with van der Waals surface area (Å²) in [6.45, 7) is 1.85. The van der Waals surface area contributed by atoms with Gasteiger partial charge >= 0.3 is 0 Å². The summed E-state index contributed by atoms with van der Waals surface area (Å²) in [6.07, 6.45) is 3.73. The average molecular weight is 355 g/mol. The van der Waals surface area contributed by atoms with E-state index in [1.54, 1.807) is 0 Å². The summed E-state index contributed by atoms with van der Waals surface area (Å²) in [5.74, 6) is 1.73. The van der Waals surface area contributed by atoms with Gasteiger partial charge in [-0.1, -0.05) is 0 Å². The molecule has 21 heavy (non-hydrogen) atoms. The van der Waals surface area contributed by atoms with Gasteiger partial charge in [0.05, 0.1) is 4.47 Å². The number of rotatable bonds is 7. The zero-order chi connectivity index (χ0) is 14.7. The molecule has 2 aliphatic rings. The summed E-state index contributed by atoms with van der Waals surface area (Å²) < 4.78 is 11.7. The first-order valence-corrected chi connectivity index (χ1v) is 8.10. The number of hydrogen-bond acceptors (Lipinski definition) is 4. The first-order valence-electron chi connectivity index (χ1n) is 7.30. The standard InChI is InChI=1S/C15H19BrN2O3/c16-12-6-10(7-13-15(12)21-9-20-13)8-17-5-1-2-14(19)18-11-3-4-11/h6-7,11,17H,1-5,8-9H2,(H,18,19). The highest BCUT2D eigenvalue weighted by Crippen LogP contribution is 2.39. The van der Waals surface area contributed by atoms with Gasteiger partial charge in [-0.05, 0) is 59.4 Å². The number of amides is 1. The molecular weight excluding hydrogens is 336 g/mol. The van der Waals surface area contributed by atoms with Crippen LogP contribution in [0.4, 0.5) is 0 Å². The molecule has 0 bridgehead atoms. The molecule has 114 valence electrons. The molecule has 0 spiro atoms. The summed E-state index contributed by atoms with van der Waals surface area (Å²) in [4.78, 5) is 11.5. The van der Waals surface area contributed by atoms with Crippen molar-refractivity contribution in [2.45, 2.75) is 38.3 Å². The fourth-order valence-corrected chi connectivity index (χ4v) is 2.86. The fraction of sp³-hybridized carbons (Fsp3) is 0.533. The minimum Gasteiger partial charge on any atom is -0.454 e. The van der Waals surface area contributed by atoms with Gasteiger partial charge in [-0.3, -0.25) is 4.79 Å². The molecule has 1 aromatic carbocycles. The molecule has 1 saturated carbocycles. The quantitative estimate of drug-likeness (QED) is 0.737. The molecule has 1 aliphatic carbocycles. The molecule has 5 nitrogen and oxygen atoms in total. The van der Waals surface area contributed by atoms with Crippen LogP contribution in [0.2, 0.25) is 0 Å². The molecule has 6 heteroatoms. The molecule has 0 atom stereocenters. The van der Waals surface area contributed by atoms with E-state index >= 15 is 0 Å². The number of carbonyl (C=O) groups is 1. The lowest BCUT2D eigenvalue weighted by atomic mass is 10.2. The summed E-state index contributed by atoms with van der Waals surface area (Å²) in [5, 5.41) is 6.34. The maximum absolute atomic E-state index is 11.5. The molecule has 1 amide bonds. The van der Waals surface area contributed by atoms with Crippen LogP contribution in [0.15, 0.2) is 16.6 Å². The Labute approximate surface area is 132 Å². The third kappa shape index (κ3) is 4.11. The van der Waals surface area contributed by atoms with Crippen LogP contribution in [0.5, 0.6) is 11.5 Å². The molecule has 2 N–H and O–H groups in total. The number of benzene rings is 1. The minimum absolute atomic E-state index is 0.171. The maximum atomic E-state index is 11.5. The van der Waals surface area contributed by atoms with E-state index in [1.165, 1.54) is 0 Å². The molecule has 0 aromatic heterocycles. The number of carbonyl (C=O) groups excluding carboxylic acids is 1. The van der Waals surface area contributed by atoms with Crippen LogP contribution in [-0.4, -0.2) is 25.3 Å². The molecule has 1 aliphatic heterocycles. The number of halogens is 1. The number of nitrogens with one attached hydrogen (secondary N) is 2. The Morgan fingerprint density at radius 1 is 1.33 bits per heavy atom. The highest BCUT2D eigenvalue weighted by Gasteiger charge is 2.22. The van der Waals surface area contributed by atoms with E-state index in [0.29, 0.717) is 12.5 Å². The molecule has 1 aromatic rings. The van der Waals surface area contributed by atoms with E-state index in [4.69, 9.17) is 9.47 Å². The minimum atomic E-state index is 0.171. The van der Waals surface area contributed by atoms with Crippen molar-refractivity contribution in [2.24, 2.45) is 0 Å². The van der Waals surface area contributed by atoms with Gasteiger partial charge in [-0.25, -0.2) is 0 Å². The van der Waals surface area contributed by atoms with E-state index in [0.717, 1.165) is 53.9 Å². The Kier molecular flexibility index (Phi) is 4.65. The van der Waals surface area contributed by atoms with Crippen molar-refractivity contribution in [2.75, 3.05) is 13.3 Å². The van der Waals surface area contributed by atoms with Crippen molar-refractivity contribution in [1.29, 1.82) is 0 Å². The van der Waals surface area contributed by atoms with Crippen LogP contribution in [0.1, 0.15) is 31.2 Å². The van der Waals surface area contributed by atoms with Gasteiger partial charge < -0.3 is 20.1 Å². The Hall–Kier alpha value is -1.27. The summed E-state index contributed by atoms with van der Waals surface area (Å²) in [6, 6.07) is 4.47. The summed E-state index contributed by atoms with van der Waals surface area (Å²) in [5.41, 5.74) is 1.13. The molecule has 0 radical (unpaired) electrons. The molecular formula is C15H19BrN2O3. The lowest BCUT2D eigenvalue weighted by Gasteiger charge is -2.07. The van der Waals surface area contributed by atoms with Gasteiger partial charge in [0.25, 0.3) is 0 Å². The molecule has 3 rings (SSSR count). The van der Waals surface area contributed by atoms with Crippen molar-refractivity contribution in [3.63, 3.8) is 0 Å². The monoisotopic (exact) mass is 354 g/mol. The van der Waals surface area contributed by atoms with Crippen LogP contribution >= 0.6 is 15.9 Å². The van der Waals surface area contributed by atoms with Gasteiger partial charge in [0.1, 0.15) is 0 Å². The molecule has 0 saturated heterocycles. The van der Waals surface area contributed by atoms with Gasteiger partial charge in [0.2, 0.25) is 12.7 Å². The van der Waals surface area contributed by atoms with Gasteiger partial charge in [-0.15, -0.1) is 0 Å². The lowest BCUT2D eigenvalue weighted by molar-refractivity contribution is -0.121. The smallest absolute Gasteiger partial charge is 0.231 e. The SMILES string of the molecule is O=C(CCCNCc1cc(Br)c2c(c1)OCO2)NC1CC1. The van der Waals surface area contributed by atoms with Gasteiger partial charge in [0.15, 0.2) is 11.5 Å². The highest BCUT2D eigenvalue weighted by molar-refractivity contribution is 9.10. The predicted octanol–water partition coefficient (Wildman–Crippen LogP) is 2.33. The van der Waals surface area contributed by atoms with E-state index in [9.17, 15) is 4.79 Å². The topological polar surface area (TPSA) is 59.6 Å². The van der Waals surface area contributed by atoms with E-state index in [-0.39, 0.29) is 12.7 Å². The average Bonchev–Trinajstić information content (AvgIpc) is 3.12. The highest BCUT2D eigenvalue weighted by atomic mass is 79.9. The van der Waals surface area contributed by atoms with Crippen molar-refractivity contribution in [1.82, 2.24) is 10.6 Å². The van der Waals surface area contributed by atoms with Crippen LogP contribution < -0.4 is 20.1 Å². The van der Waals surface area contributed by atoms with Crippen LogP contribution in [0, 0.1) is 0 Å². The Bertz CT molecular complexity index is 532. The largest absolute Gasteiger partial charge is 0.454 e. The van der Waals surface area contributed by atoms with Crippen LogP contribution in [0.25, 0.3) is 0 Å². The van der Waals surface area contributed by atoms with Crippen LogP contribution in [-0.2, 0) is 11.3 Å². The van der Waals surface area contributed by atoms with Crippen molar-refractivity contribution in [3.8, 4) is 11.5 Å². The van der Waals surface area contributed by atoms with Crippen LogP contribution in [0.3, 0.4) is 0 Å². The second-order valence-corrected chi connectivity index (χ2v) is 6.29. The Balaban J connectivity index is 1.37.